The highest BCUT2D eigenvalue weighted by atomic mass is 35.5. The number of hydrogen-bond donors (Lipinski definition) is 1. The van der Waals surface area contributed by atoms with Crippen molar-refractivity contribution in [2.45, 2.75) is 20.4 Å². The summed E-state index contributed by atoms with van der Waals surface area (Å²) in [4.78, 5) is 17.1. The summed E-state index contributed by atoms with van der Waals surface area (Å²) in [5.41, 5.74) is 2.42. The molecule has 0 aliphatic heterocycles. The van der Waals surface area contributed by atoms with Crippen LogP contribution >= 0.6 is 23.2 Å². The SMILES string of the molecule is COc1ccc(C=Cc2nc(-c3ccc(Cl)cc3Cl)cn2CC(=O)NCC(C)C)cc1. The van der Waals surface area contributed by atoms with E-state index < -0.39 is 0 Å². The van der Waals surface area contributed by atoms with Gasteiger partial charge in [-0.3, -0.25) is 4.79 Å². The molecule has 1 N–H and O–H groups in total. The molecule has 162 valence electrons. The fraction of sp³-hybridized carbons (Fsp3) is 0.250. The molecule has 31 heavy (non-hydrogen) atoms. The third-order valence-electron chi connectivity index (χ3n) is 4.58. The average Bonchev–Trinajstić information content (AvgIpc) is 3.13. The number of methoxy groups -OCH3 is 1. The van der Waals surface area contributed by atoms with Crippen LogP contribution in [0.5, 0.6) is 5.75 Å². The average molecular weight is 458 g/mol. The number of halogens is 2. The number of aromatic nitrogens is 2. The van der Waals surface area contributed by atoms with Gasteiger partial charge in [-0.1, -0.05) is 55.3 Å². The molecule has 1 aromatic heterocycles. The van der Waals surface area contributed by atoms with E-state index in [4.69, 9.17) is 32.9 Å². The molecule has 1 amide bonds. The number of hydrogen-bond acceptors (Lipinski definition) is 3. The van der Waals surface area contributed by atoms with Gasteiger partial charge in [0.25, 0.3) is 0 Å². The van der Waals surface area contributed by atoms with Gasteiger partial charge in [0.15, 0.2) is 0 Å². The standard InChI is InChI=1S/C24H25Cl2N3O2/c1-16(2)13-27-24(30)15-29-14-22(20-10-7-18(25)12-21(20)26)28-23(29)11-6-17-4-8-19(31-3)9-5-17/h4-12,14,16H,13,15H2,1-3H3,(H,27,30). The van der Waals surface area contributed by atoms with Crippen molar-refractivity contribution in [3.63, 3.8) is 0 Å². The van der Waals surface area contributed by atoms with Crippen LogP contribution < -0.4 is 10.1 Å². The van der Waals surface area contributed by atoms with Crippen molar-refractivity contribution in [1.29, 1.82) is 0 Å². The van der Waals surface area contributed by atoms with Crippen molar-refractivity contribution in [2.75, 3.05) is 13.7 Å². The molecule has 0 atom stereocenters. The number of benzene rings is 2. The zero-order valence-electron chi connectivity index (χ0n) is 17.7. The topological polar surface area (TPSA) is 56.2 Å². The number of nitrogens with one attached hydrogen (secondary N) is 1. The van der Waals surface area contributed by atoms with E-state index in [2.05, 4.69) is 19.2 Å². The van der Waals surface area contributed by atoms with E-state index in [1.807, 2.05) is 53.2 Å². The third kappa shape index (κ3) is 6.36. The summed E-state index contributed by atoms with van der Waals surface area (Å²) in [5.74, 6) is 1.75. The first-order valence-electron chi connectivity index (χ1n) is 9.97. The maximum atomic E-state index is 12.4. The minimum atomic E-state index is -0.0704. The first-order chi connectivity index (χ1) is 14.9. The van der Waals surface area contributed by atoms with Crippen LogP contribution in [0.15, 0.2) is 48.7 Å². The van der Waals surface area contributed by atoms with E-state index in [0.29, 0.717) is 34.0 Å². The van der Waals surface area contributed by atoms with E-state index in [-0.39, 0.29) is 12.5 Å². The molecule has 0 spiro atoms. The van der Waals surface area contributed by atoms with Gasteiger partial charge < -0.3 is 14.6 Å². The molecule has 0 radical (unpaired) electrons. The highest BCUT2D eigenvalue weighted by Crippen LogP contribution is 2.30. The minimum Gasteiger partial charge on any atom is -0.497 e. The van der Waals surface area contributed by atoms with Gasteiger partial charge in [-0.15, -0.1) is 0 Å². The lowest BCUT2D eigenvalue weighted by atomic mass is 10.2. The number of carbonyl (C=O) groups is 1. The van der Waals surface area contributed by atoms with Gasteiger partial charge in [0.1, 0.15) is 18.1 Å². The second-order valence-corrected chi connectivity index (χ2v) is 8.38. The Labute approximate surface area is 192 Å². The predicted octanol–water partition coefficient (Wildman–Crippen LogP) is 5.81. The Morgan fingerprint density at radius 3 is 2.55 bits per heavy atom. The summed E-state index contributed by atoms with van der Waals surface area (Å²) in [6.07, 6.45) is 5.65. The second-order valence-electron chi connectivity index (χ2n) is 7.54. The molecular formula is C24H25Cl2N3O2. The highest BCUT2D eigenvalue weighted by Gasteiger charge is 2.13. The fourth-order valence-corrected chi connectivity index (χ4v) is 3.44. The van der Waals surface area contributed by atoms with Crippen LogP contribution in [0.25, 0.3) is 23.4 Å². The Morgan fingerprint density at radius 2 is 1.90 bits per heavy atom. The van der Waals surface area contributed by atoms with Crippen molar-refractivity contribution < 1.29 is 9.53 Å². The van der Waals surface area contributed by atoms with E-state index in [1.54, 1.807) is 19.2 Å². The Morgan fingerprint density at radius 1 is 1.16 bits per heavy atom. The van der Waals surface area contributed by atoms with Crippen molar-refractivity contribution in [3.05, 3.63) is 70.1 Å². The molecular weight excluding hydrogens is 433 g/mol. The second kappa shape index (κ2) is 10.5. The number of carbonyl (C=O) groups excluding carboxylic acids is 1. The van der Waals surface area contributed by atoms with Crippen LogP contribution in [0.4, 0.5) is 0 Å². The van der Waals surface area contributed by atoms with Crippen molar-refractivity contribution >= 4 is 41.3 Å². The minimum absolute atomic E-state index is 0.0704. The van der Waals surface area contributed by atoms with Crippen LogP contribution in [0.1, 0.15) is 25.2 Å². The number of nitrogens with zero attached hydrogens (tertiary/aromatic N) is 2. The molecule has 1 heterocycles. The molecule has 0 aliphatic carbocycles. The van der Waals surface area contributed by atoms with Crippen LogP contribution in [-0.4, -0.2) is 29.1 Å². The molecule has 3 aromatic rings. The quantitative estimate of drug-likeness (QED) is 0.464. The summed E-state index contributed by atoms with van der Waals surface area (Å²) in [6.45, 7) is 4.90. The Kier molecular flexibility index (Phi) is 7.77. The van der Waals surface area contributed by atoms with Crippen LogP contribution in [0.2, 0.25) is 10.0 Å². The predicted molar refractivity (Wildman–Crippen MR) is 127 cm³/mol. The maximum absolute atomic E-state index is 12.4. The normalized spacial score (nSPS) is 11.3. The summed E-state index contributed by atoms with van der Waals surface area (Å²) in [6, 6.07) is 13.0. The number of imidazole rings is 1. The maximum Gasteiger partial charge on any atom is 0.240 e. The van der Waals surface area contributed by atoms with Gasteiger partial charge in [-0.2, -0.15) is 0 Å². The van der Waals surface area contributed by atoms with Crippen molar-refractivity contribution in [1.82, 2.24) is 14.9 Å². The van der Waals surface area contributed by atoms with E-state index in [9.17, 15) is 4.79 Å². The first-order valence-corrected chi connectivity index (χ1v) is 10.7. The lowest BCUT2D eigenvalue weighted by Crippen LogP contribution is -2.30. The monoisotopic (exact) mass is 457 g/mol. The molecule has 2 aromatic carbocycles. The summed E-state index contributed by atoms with van der Waals surface area (Å²) in [5, 5.41) is 4.01. The van der Waals surface area contributed by atoms with Crippen molar-refractivity contribution in [3.8, 4) is 17.0 Å². The van der Waals surface area contributed by atoms with E-state index >= 15 is 0 Å². The van der Waals surface area contributed by atoms with E-state index in [1.165, 1.54) is 0 Å². The van der Waals surface area contributed by atoms with Gasteiger partial charge in [0.05, 0.1) is 17.8 Å². The van der Waals surface area contributed by atoms with Crippen LogP contribution in [0.3, 0.4) is 0 Å². The zero-order chi connectivity index (χ0) is 22.4. The zero-order valence-corrected chi connectivity index (χ0v) is 19.2. The summed E-state index contributed by atoms with van der Waals surface area (Å²) in [7, 11) is 1.63. The van der Waals surface area contributed by atoms with Crippen molar-refractivity contribution in [2.24, 2.45) is 5.92 Å². The molecule has 0 unspecified atom stereocenters. The molecule has 5 nitrogen and oxygen atoms in total. The molecule has 0 aliphatic rings. The Hall–Kier alpha value is -2.76. The molecule has 7 heteroatoms. The molecule has 0 fully saturated rings. The Balaban J connectivity index is 1.91. The molecule has 3 rings (SSSR count). The molecule has 0 saturated carbocycles. The van der Waals surface area contributed by atoms with Gasteiger partial charge in [-0.05, 0) is 47.9 Å². The summed E-state index contributed by atoms with van der Waals surface area (Å²) < 4.78 is 7.01. The first kappa shape index (κ1) is 22.9. The fourth-order valence-electron chi connectivity index (χ4n) is 2.93. The van der Waals surface area contributed by atoms with Crippen LogP contribution in [0, 0.1) is 5.92 Å². The Bertz CT molecular complexity index is 1070. The smallest absolute Gasteiger partial charge is 0.240 e. The van der Waals surface area contributed by atoms with Crippen LogP contribution in [-0.2, 0) is 11.3 Å². The largest absolute Gasteiger partial charge is 0.497 e. The lowest BCUT2D eigenvalue weighted by molar-refractivity contribution is -0.121. The molecule has 0 bridgehead atoms. The summed E-state index contributed by atoms with van der Waals surface area (Å²) >= 11 is 12.4. The number of amides is 1. The highest BCUT2D eigenvalue weighted by molar-refractivity contribution is 6.36. The van der Waals surface area contributed by atoms with Gasteiger partial charge >= 0.3 is 0 Å². The van der Waals surface area contributed by atoms with Gasteiger partial charge in [-0.25, -0.2) is 4.98 Å². The number of ether oxygens (including phenoxy) is 1. The van der Waals surface area contributed by atoms with Gasteiger partial charge in [0, 0.05) is 23.3 Å². The van der Waals surface area contributed by atoms with E-state index in [0.717, 1.165) is 16.9 Å². The third-order valence-corrected chi connectivity index (χ3v) is 5.12. The molecule has 0 saturated heterocycles. The lowest BCUT2D eigenvalue weighted by Gasteiger charge is -2.09. The number of rotatable bonds is 8. The van der Waals surface area contributed by atoms with Gasteiger partial charge in [0.2, 0.25) is 5.91 Å².